The predicted octanol–water partition coefficient (Wildman–Crippen LogP) is -0.600. The zero-order valence-corrected chi connectivity index (χ0v) is 7.88. The number of carboxylic acids is 1. The maximum atomic E-state index is 10.4. The second kappa shape index (κ2) is 7.28. The first kappa shape index (κ1) is 12.9. The third-order valence-corrected chi connectivity index (χ3v) is 1.74. The van der Waals surface area contributed by atoms with Crippen LogP contribution in [-0.2, 0) is 19.1 Å². The molecule has 2 atom stereocenters. The van der Waals surface area contributed by atoms with Gasteiger partial charge in [-0.1, -0.05) is 0 Å². The Labute approximate surface area is 81.4 Å². The quantitative estimate of drug-likeness (QED) is 0.515. The van der Waals surface area contributed by atoms with Crippen molar-refractivity contribution in [2.45, 2.75) is 25.0 Å². The largest absolute Gasteiger partial charge is 0.481 e. The fraction of sp³-hybridized carbons (Fsp3) is 0.750. The summed E-state index contributed by atoms with van der Waals surface area (Å²) >= 11 is 0. The normalized spacial score (nSPS) is 14.4. The smallest absolute Gasteiger partial charge is 0.306 e. The first-order chi connectivity index (χ1) is 6.65. The zero-order chi connectivity index (χ0) is 11.0. The second-order valence-corrected chi connectivity index (χ2v) is 2.66. The number of carbonyl (C=O) groups is 2. The molecule has 1 unspecified atom stereocenters. The molecule has 0 fully saturated rings. The van der Waals surface area contributed by atoms with Crippen molar-refractivity contribution in [3.8, 4) is 0 Å². The maximum Gasteiger partial charge on any atom is 0.306 e. The molecule has 0 aromatic rings. The van der Waals surface area contributed by atoms with Gasteiger partial charge >= 0.3 is 5.97 Å². The first-order valence-electron chi connectivity index (χ1n) is 4.10. The number of methoxy groups -OCH3 is 1. The SMILES string of the molecule is COC(CC(=O)O)[C@@H](CCO)OC=O. The molecule has 0 radical (unpaired) electrons. The van der Waals surface area contributed by atoms with Crippen LogP contribution in [0.4, 0.5) is 0 Å². The molecule has 0 rings (SSSR count). The summed E-state index contributed by atoms with van der Waals surface area (Å²) in [5, 5.41) is 17.2. The van der Waals surface area contributed by atoms with Crippen molar-refractivity contribution >= 4 is 12.4 Å². The van der Waals surface area contributed by atoms with Gasteiger partial charge in [0.25, 0.3) is 6.47 Å². The highest BCUT2D eigenvalue weighted by atomic mass is 16.6. The molecule has 0 aliphatic heterocycles. The van der Waals surface area contributed by atoms with Crippen LogP contribution in [0, 0.1) is 0 Å². The van der Waals surface area contributed by atoms with Gasteiger partial charge < -0.3 is 19.7 Å². The van der Waals surface area contributed by atoms with Crippen molar-refractivity contribution in [2.75, 3.05) is 13.7 Å². The van der Waals surface area contributed by atoms with Crippen LogP contribution in [-0.4, -0.2) is 48.6 Å². The van der Waals surface area contributed by atoms with E-state index in [2.05, 4.69) is 4.74 Å². The van der Waals surface area contributed by atoms with Crippen molar-refractivity contribution < 1.29 is 29.3 Å². The lowest BCUT2D eigenvalue weighted by molar-refractivity contribution is -0.150. The summed E-state index contributed by atoms with van der Waals surface area (Å²) in [4.78, 5) is 20.5. The van der Waals surface area contributed by atoms with Crippen molar-refractivity contribution in [2.24, 2.45) is 0 Å². The van der Waals surface area contributed by atoms with Gasteiger partial charge in [0.05, 0.1) is 6.42 Å². The van der Waals surface area contributed by atoms with Gasteiger partial charge in [0, 0.05) is 20.1 Å². The summed E-state index contributed by atoms with van der Waals surface area (Å²) in [5.41, 5.74) is 0. The van der Waals surface area contributed by atoms with Crippen molar-refractivity contribution in [3.05, 3.63) is 0 Å². The molecular formula is C8H14O6. The van der Waals surface area contributed by atoms with E-state index in [1.165, 1.54) is 7.11 Å². The third kappa shape index (κ3) is 4.78. The standard InChI is InChI=1S/C8H14O6/c1-13-7(4-8(11)12)6(2-3-9)14-5-10/h5-7,9H,2-4H2,1H3,(H,11,12)/t6-,7?/m1/s1. The Morgan fingerprint density at radius 3 is 2.50 bits per heavy atom. The summed E-state index contributed by atoms with van der Waals surface area (Å²) in [6.45, 7) is 0.0200. The molecule has 0 aliphatic rings. The lowest BCUT2D eigenvalue weighted by Gasteiger charge is -2.22. The van der Waals surface area contributed by atoms with Gasteiger partial charge in [0.15, 0.2) is 0 Å². The van der Waals surface area contributed by atoms with Gasteiger partial charge in [-0.15, -0.1) is 0 Å². The van der Waals surface area contributed by atoms with Crippen LogP contribution in [0.3, 0.4) is 0 Å². The highest BCUT2D eigenvalue weighted by molar-refractivity contribution is 5.67. The van der Waals surface area contributed by atoms with Gasteiger partial charge in [-0.3, -0.25) is 9.59 Å². The molecule has 0 spiro atoms. The van der Waals surface area contributed by atoms with Gasteiger partial charge in [-0.05, 0) is 0 Å². The summed E-state index contributed by atoms with van der Waals surface area (Å²) in [5.74, 6) is -1.05. The second-order valence-electron chi connectivity index (χ2n) is 2.66. The van der Waals surface area contributed by atoms with Crippen LogP contribution in [0.15, 0.2) is 0 Å². The molecule has 0 aliphatic carbocycles. The molecule has 2 N–H and O–H groups in total. The topological polar surface area (TPSA) is 93.1 Å². The number of rotatable bonds is 8. The van der Waals surface area contributed by atoms with Crippen molar-refractivity contribution in [1.29, 1.82) is 0 Å². The van der Waals surface area contributed by atoms with Gasteiger partial charge in [0.2, 0.25) is 0 Å². The molecule has 14 heavy (non-hydrogen) atoms. The highest BCUT2D eigenvalue weighted by Crippen LogP contribution is 2.10. The predicted molar refractivity (Wildman–Crippen MR) is 45.7 cm³/mol. The Kier molecular flexibility index (Phi) is 6.69. The molecule has 0 bridgehead atoms. The Morgan fingerprint density at radius 1 is 1.50 bits per heavy atom. The van der Waals surface area contributed by atoms with E-state index < -0.39 is 18.2 Å². The minimum atomic E-state index is -1.05. The molecule has 0 aromatic heterocycles. The number of hydrogen-bond donors (Lipinski definition) is 2. The Hall–Kier alpha value is -1.14. The number of hydrogen-bond acceptors (Lipinski definition) is 5. The Bertz CT molecular complexity index is 181. The average molecular weight is 206 g/mol. The lowest BCUT2D eigenvalue weighted by Crippen LogP contribution is -2.33. The van der Waals surface area contributed by atoms with Gasteiger partial charge in [-0.25, -0.2) is 0 Å². The molecule has 0 amide bonds. The summed E-state index contributed by atoms with van der Waals surface area (Å²) < 4.78 is 9.46. The monoisotopic (exact) mass is 206 g/mol. The highest BCUT2D eigenvalue weighted by Gasteiger charge is 2.24. The zero-order valence-electron chi connectivity index (χ0n) is 7.88. The maximum absolute atomic E-state index is 10.4. The van der Waals surface area contributed by atoms with E-state index in [9.17, 15) is 9.59 Å². The Balaban J connectivity index is 4.23. The Morgan fingerprint density at radius 2 is 2.14 bits per heavy atom. The van der Waals surface area contributed by atoms with Crippen molar-refractivity contribution in [1.82, 2.24) is 0 Å². The van der Waals surface area contributed by atoms with E-state index in [0.29, 0.717) is 0 Å². The van der Waals surface area contributed by atoms with E-state index in [1.54, 1.807) is 0 Å². The number of aliphatic carboxylic acids is 1. The first-order valence-corrected chi connectivity index (χ1v) is 4.10. The molecule has 6 nitrogen and oxygen atoms in total. The minimum absolute atomic E-state index is 0.157. The minimum Gasteiger partial charge on any atom is -0.481 e. The van der Waals surface area contributed by atoms with E-state index in [0.717, 1.165) is 0 Å². The van der Waals surface area contributed by atoms with E-state index >= 15 is 0 Å². The van der Waals surface area contributed by atoms with Crippen molar-refractivity contribution in [3.63, 3.8) is 0 Å². The van der Waals surface area contributed by atoms with Gasteiger partial charge in [-0.2, -0.15) is 0 Å². The van der Waals surface area contributed by atoms with Crippen LogP contribution >= 0.6 is 0 Å². The van der Waals surface area contributed by atoms with Crippen LogP contribution in [0.1, 0.15) is 12.8 Å². The van der Waals surface area contributed by atoms with Crippen LogP contribution in [0.25, 0.3) is 0 Å². The number of carboxylic acid groups (broad SMARTS) is 1. The number of carbonyl (C=O) groups excluding carboxylic acids is 1. The molecule has 0 aromatic carbocycles. The molecule has 82 valence electrons. The molecule has 0 saturated heterocycles. The van der Waals surface area contributed by atoms with Crippen LogP contribution in [0.5, 0.6) is 0 Å². The van der Waals surface area contributed by atoms with Crippen LogP contribution in [0.2, 0.25) is 0 Å². The van der Waals surface area contributed by atoms with E-state index in [-0.39, 0.29) is 25.9 Å². The lowest BCUT2D eigenvalue weighted by atomic mass is 10.1. The molecule has 6 heteroatoms. The third-order valence-electron chi connectivity index (χ3n) is 1.74. The van der Waals surface area contributed by atoms with E-state index in [1.807, 2.05) is 0 Å². The summed E-state index contributed by atoms with van der Waals surface area (Å²) in [6.07, 6.45) is -1.57. The molecule has 0 heterocycles. The number of ether oxygens (including phenoxy) is 2. The number of aliphatic hydroxyl groups is 1. The van der Waals surface area contributed by atoms with Crippen LogP contribution < -0.4 is 0 Å². The van der Waals surface area contributed by atoms with E-state index in [4.69, 9.17) is 14.9 Å². The average Bonchev–Trinajstić information content (AvgIpc) is 2.13. The fourth-order valence-corrected chi connectivity index (χ4v) is 1.08. The fourth-order valence-electron chi connectivity index (χ4n) is 1.08. The summed E-state index contributed by atoms with van der Waals surface area (Å²) in [6, 6.07) is 0. The summed E-state index contributed by atoms with van der Waals surface area (Å²) in [7, 11) is 1.33. The molecule has 0 saturated carbocycles. The number of aliphatic hydroxyl groups excluding tert-OH is 1. The molecular weight excluding hydrogens is 192 g/mol. The van der Waals surface area contributed by atoms with Gasteiger partial charge in [0.1, 0.15) is 12.2 Å².